The molecular formula is C34H30O6. The minimum atomic E-state index is -1.02. The molecule has 2 heterocycles. The summed E-state index contributed by atoms with van der Waals surface area (Å²) in [6.45, 7) is 5.68. The Hall–Kier alpha value is -4.97. The third kappa shape index (κ3) is 6.35. The molecular weight excluding hydrogens is 504 g/mol. The second-order valence-corrected chi connectivity index (χ2v) is 9.51. The molecule has 40 heavy (non-hydrogen) atoms. The highest BCUT2D eigenvalue weighted by Gasteiger charge is 2.10. The van der Waals surface area contributed by atoms with Gasteiger partial charge in [-0.05, 0) is 91.6 Å². The van der Waals surface area contributed by atoms with E-state index < -0.39 is 5.97 Å². The van der Waals surface area contributed by atoms with E-state index in [4.69, 9.17) is 23.4 Å². The zero-order valence-electron chi connectivity index (χ0n) is 22.6. The minimum Gasteiger partial charge on any atom is -0.489 e. The molecule has 5 rings (SSSR count). The number of aryl methyl sites for hydroxylation is 3. The number of benzene rings is 3. The fourth-order valence-electron chi connectivity index (χ4n) is 4.44. The monoisotopic (exact) mass is 534 g/mol. The SMILES string of the molecule is Cc1ccc(-c2ccc(C(=CCOc3ccc(OCC(=O)O)c(C)c3)c3ccc(-c4ccc(C)o4)cc3)cc2)o1. The van der Waals surface area contributed by atoms with Gasteiger partial charge in [0.05, 0.1) is 0 Å². The molecule has 0 amide bonds. The van der Waals surface area contributed by atoms with Crippen molar-refractivity contribution >= 4 is 11.5 Å². The van der Waals surface area contributed by atoms with E-state index in [0.717, 1.165) is 56.4 Å². The molecule has 0 spiro atoms. The van der Waals surface area contributed by atoms with Crippen molar-refractivity contribution in [3.8, 4) is 34.1 Å². The van der Waals surface area contributed by atoms with Gasteiger partial charge in [-0.1, -0.05) is 48.5 Å². The Kier molecular flexibility index (Phi) is 7.87. The van der Waals surface area contributed by atoms with Gasteiger partial charge in [-0.15, -0.1) is 0 Å². The van der Waals surface area contributed by atoms with E-state index in [1.165, 1.54) is 0 Å². The number of furan rings is 2. The first-order chi connectivity index (χ1) is 19.4. The second-order valence-electron chi connectivity index (χ2n) is 9.51. The highest BCUT2D eigenvalue weighted by atomic mass is 16.5. The first-order valence-corrected chi connectivity index (χ1v) is 13.0. The largest absolute Gasteiger partial charge is 0.489 e. The van der Waals surface area contributed by atoms with Gasteiger partial charge in [-0.2, -0.15) is 0 Å². The van der Waals surface area contributed by atoms with Crippen molar-refractivity contribution in [3.05, 3.63) is 125 Å². The summed E-state index contributed by atoms with van der Waals surface area (Å²) in [6.07, 6.45) is 2.06. The van der Waals surface area contributed by atoms with Crippen molar-refractivity contribution in [1.29, 1.82) is 0 Å². The van der Waals surface area contributed by atoms with Crippen molar-refractivity contribution < 1.29 is 28.2 Å². The summed E-state index contributed by atoms with van der Waals surface area (Å²) in [5, 5.41) is 8.86. The topological polar surface area (TPSA) is 82.0 Å². The lowest BCUT2D eigenvalue weighted by Gasteiger charge is -2.12. The number of rotatable bonds is 10. The van der Waals surface area contributed by atoms with Crippen molar-refractivity contribution in [2.75, 3.05) is 13.2 Å². The highest BCUT2D eigenvalue weighted by molar-refractivity contribution is 5.81. The van der Waals surface area contributed by atoms with Crippen LogP contribution in [0.15, 0.2) is 106 Å². The summed E-state index contributed by atoms with van der Waals surface area (Å²) >= 11 is 0. The summed E-state index contributed by atoms with van der Waals surface area (Å²) in [5.74, 6) is 3.59. The molecule has 3 aromatic carbocycles. The van der Waals surface area contributed by atoms with Gasteiger partial charge < -0.3 is 23.4 Å². The molecule has 0 fully saturated rings. The third-order valence-corrected chi connectivity index (χ3v) is 6.48. The van der Waals surface area contributed by atoms with Crippen LogP contribution in [0, 0.1) is 20.8 Å². The number of hydrogen-bond acceptors (Lipinski definition) is 5. The second kappa shape index (κ2) is 11.8. The van der Waals surface area contributed by atoms with E-state index in [-0.39, 0.29) is 6.61 Å². The van der Waals surface area contributed by atoms with Gasteiger partial charge in [0.1, 0.15) is 41.1 Å². The maximum Gasteiger partial charge on any atom is 0.341 e. The van der Waals surface area contributed by atoms with Crippen molar-refractivity contribution in [2.45, 2.75) is 20.8 Å². The Bertz CT molecular complexity index is 1550. The molecule has 0 bridgehead atoms. The maximum absolute atomic E-state index is 10.8. The Morgan fingerprint density at radius 1 is 0.725 bits per heavy atom. The number of aliphatic carboxylic acids is 1. The minimum absolute atomic E-state index is 0.336. The molecule has 202 valence electrons. The zero-order chi connectivity index (χ0) is 28.1. The summed E-state index contributed by atoms with van der Waals surface area (Å²) < 4.78 is 22.9. The van der Waals surface area contributed by atoms with Crippen LogP contribution >= 0.6 is 0 Å². The Morgan fingerprint density at radius 2 is 1.27 bits per heavy atom. The van der Waals surface area contributed by atoms with E-state index in [1.807, 2.05) is 51.1 Å². The van der Waals surface area contributed by atoms with Crippen LogP contribution in [-0.2, 0) is 4.79 Å². The first-order valence-electron chi connectivity index (χ1n) is 13.0. The molecule has 0 saturated heterocycles. The molecule has 0 radical (unpaired) electrons. The van der Waals surface area contributed by atoms with Gasteiger partial charge in [-0.25, -0.2) is 4.79 Å². The normalized spacial score (nSPS) is 10.8. The molecule has 0 aliphatic carbocycles. The molecule has 6 nitrogen and oxygen atoms in total. The molecule has 2 aromatic heterocycles. The third-order valence-electron chi connectivity index (χ3n) is 6.48. The number of carboxylic acid groups (broad SMARTS) is 1. The van der Waals surface area contributed by atoms with Gasteiger partial charge in [0.2, 0.25) is 0 Å². The van der Waals surface area contributed by atoms with E-state index in [1.54, 1.807) is 12.1 Å². The zero-order valence-corrected chi connectivity index (χ0v) is 22.6. The average Bonchev–Trinajstić information content (AvgIpc) is 3.59. The fraction of sp³-hybridized carbons (Fsp3) is 0.147. The standard InChI is InChI=1S/C34H30O6/c1-22-20-29(14-17-31(22)38-21-34(35)36)37-19-18-30(25-6-10-27(11-7-25)32-15-4-23(2)39-32)26-8-12-28(13-9-26)33-16-5-24(3)40-33/h4-18,20H,19,21H2,1-3H3,(H,35,36). The number of hydrogen-bond donors (Lipinski definition) is 1. The van der Waals surface area contributed by atoms with Gasteiger partial charge in [0.15, 0.2) is 6.61 Å². The van der Waals surface area contributed by atoms with E-state index in [0.29, 0.717) is 18.1 Å². The Balaban J connectivity index is 1.39. The molecule has 0 unspecified atom stereocenters. The van der Waals surface area contributed by atoms with Crippen molar-refractivity contribution in [2.24, 2.45) is 0 Å². The lowest BCUT2D eigenvalue weighted by molar-refractivity contribution is -0.139. The molecule has 1 N–H and O–H groups in total. The molecule has 0 atom stereocenters. The molecule has 0 aliphatic rings. The molecule has 0 saturated carbocycles. The Labute approximate surface area is 233 Å². The number of carbonyl (C=O) groups is 1. The summed E-state index contributed by atoms with van der Waals surface area (Å²) in [4.78, 5) is 10.8. The van der Waals surface area contributed by atoms with Gasteiger partial charge in [-0.3, -0.25) is 0 Å². The van der Waals surface area contributed by atoms with Crippen molar-refractivity contribution in [1.82, 2.24) is 0 Å². The van der Waals surface area contributed by atoms with Gasteiger partial charge in [0, 0.05) is 11.1 Å². The van der Waals surface area contributed by atoms with Crippen LogP contribution in [0.25, 0.3) is 28.2 Å². The van der Waals surface area contributed by atoms with E-state index >= 15 is 0 Å². The van der Waals surface area contributed by atoms with Crippen LogP contribution in [0.3, 0.4) is 0 Å². The summed E-state index contributed by atoms with van der Waals surface area (Å²) in [6, 6.07) is 29.8. The molecule has 5 aromatic rings. The predicted molar refractivity (Wildman–Crippen MR) is 155 cm³/mol. The van der Waals surface area contributed by atoms with E-state index in [2.05, 4.69) is 54.6 Å². The lowest BCUT2D eigenvalue weighted by Crippen LogP contribution is -2.10. The van der Waals surface area contributed by atoms with Crippen LogP contribution in [-0.4, -0.2) is 24.3 Å². The highest BCUT2D eigenvalue weighted by Crippen LogP contribution is 2.30. The van der Waals surface area contributed by atoms with Crippen molar-refractivity contribution in [3.63, 3.8) is 0 Å². The van der Waals surface area contributed by atoms with Crippen LogP contribution in [0.5, 0.6) is 11.5 Å². The smallest absolute Gasteiger partial charge is 0.341 e. The fourth-order valence-corrected chi connectivity index (χ4v) is 4.44. The average molecular weight is 535 g/mol. The first kappa shape index (κ1) is 26.6. The molecule has 6 heteroatoms. The van der Waals surface area contributed by atoms with Crippen LogP contribution in [0.1, 0.15) is 28.2 Å². The van der Waals surface area contributed by atoms with Gasteiger partial charge >= 0.3 is 5.97 Å². The predicted octanol–water partition coefficient (Wildman–Crippen LogP) is 8.11. The number of carboxylic acids is 1. The summed E-state index contributed by atoms with van der Waals surface area (Å²) in [5.41, 5.74) is 5.95. The van der Waals surface area contributed by atoms with Crippen LogP contribution in [0.2, 0.25) is 0 Å². The maximum atomic E-state index is 10.8. The lowest BCUT2D eigenvalue weighted by atomic mass is 9.95. The Morgan fingerprint density at radius 3 is 1.73 bits per heavy atom. The van der Waals surface area contributed by atoms with Gasteiger partial charge in [0.25, 0.3) is 0 Å². The molecule has 0 aliphatic heterocycles. The number of ether oxygens (including phenoxy) is 2. The van der Waals surface area contributed by atoms with E-state index in [9.17, 15) is 4.79 Å². The summed E-state index contributed by atoms with van der Waals surface area (Å²) in [7, 11) is 0. The van der Waals surface area contributed by atoms with Crippen LogP contribution in [0.4, 0.5) is 0 Å². The quantitative estimate of drug-likeness (QED) is 0.195. The van der Waals surface area contributed by atoms with Crippen LogP contribution < -0.4 is 9.47 Å².